The lowest BCUT2D eigenvalue weighted by molar-refractivity contribution is -0.115. The summed E-state index contributed by atoms with van der Waals surface area (Å²) in [6.07, 6.45) is 0.761. The average Bonchev–Trinajstić information content (AvgIpc) is 2.38. The molecule has 1 rings (SSSR count). The zero-order valence-corrected chi connectivity index (χ0v) is 13.2. The van der Waals surface area contributed by atoms with Gasteiger partial charge in [0.2, 0.25) is 5.91 Å². The molecule has 1 aromatic carbocycles. The highest BCUT2D eigenvalue weighted by Gasteiger charge is 2.15. The van der Waals surface area contributed by atoms with Gasteiger partial charge in [0.15, 0.2) is 0 Å². The normalized spacial score (nSPS) is 10.9. The Balaban J connectivity index is 2.36. The standard InChI is InChI=1S/C16H24N2O3/c1-5-14(19)18-13-8-6-12(7-9-13)10-11-17-15(20)21-16(2,3)4/h6-9H,5,10-11H2,1-4H3,(H,17,20)(H,18,19). The molecular weight excluding hydrogens is 268 g/mol. The molecule has 0 aliphatic heterocycles. The zero-order valence-electron chi connectivity index (χ0n) is 13.2. The third-order valence-electron chi connectivity index (χ3n) is 2.64. The van der Waals surface area contributed by atoms with Crippen LogP contribution in [-0.4, -0.2) is 24.1 Å². The minimum atomic E-state index is -0.483. The van der Waals surface area contributed by atoms with E-state index in [1.807, 2.05) is 52.0 Å². The molecule has 0 radical (unpaired) electrons. The highest BCUT2D eigenvalue weighted by atomic mass is 16.6. The number of hydrogen-bond acceptors (Lipinski definition) is 3. The Bertz CT molecular complexity index is 475. The van der Waals surface area contributed by atoms with Crippen molar-refractivity contribution in [3.8, 4) is 0 Å². The van der Waals surface area contributed by atoms with E-state index in [1.165, 1.54) is 0 Å². The quantitative estimate of drug-likeness (QED) is 0.876. The number of amides is 2. The van der Waals surface area contributed by atoms with E-state index < -0.39 is 11.7 Å². The van der Waals surface area contributed by atoms with E-state index in [9.17, 15) is 9.59 Å². The van der Waals surface area contributed by atoms with Gasteiger partial charge in [0, 0.05) is 18.7 Å². The second-order valence-corrected chi connectivity index (χ2v) is 5.78. The van der Waals surface area contributed by atoms with Gasteiger partial charge < -0.3 is 15.4 Å². The number of ether oxygens (including phenoxy) is 1. The Kier molecular flexibility index (Phi) is 6.21. The van der Waals surface area contributed by atoms with Crippen LogP contribution < -0.4 is 10.6 Å². The predicted molar refractivity (Wildman–Crippen MR) is 83.3 cm³/mol. The van der Waals surface area contributed by atoms with Crippen molar-refractivity contribution < 1.29 is 14.3 Å². The highest BCUT2D eigenvalue weighted by molar-refractivity contribution is 5.90. The number of carbonyl (C=O) groups excluding carboxylic acids is 2. The van der Waals surface area contributed by atoms with Crippen LogP contribution in [0.3, 0.4) is 0 Å². The Labute approximate surface area is 126 Å². The Morgan fingerprint density at radius 2 is 1.76 bits per heavy atom. The number of rotatable bonds is 5. The average molecular weight is 292 g/mol. The molecule has 0 saturated heterocycles. The summed E-state index contributed by atoms with van der Waals surface area (Å²) >= 11 is 0. The van der Waals surface area contributed by atoms with E-state index in [-0.39, 0.29) is 5.91 Å². The number of carbonyl (C=O) groups is 2. The van der Waals surface area contributed by atoms with Crippen LogP contribution in [0.4, 0.5) is 10.5 Å². The molecule has 0 aromatic heterocycles. The number of alkyl carbamates (subject to hydrolysis) is 1. The molecular formula is C16H24N2O3. The first-order valence-electron chi connectivity index (χ1n) is 7.16. The van der Waals surface area contributed by atoms with Crippen molar-refractivity contribution in [1.29, 1.82) is 0 Å². The molecule has 5 heteroatoms. The van der Waals surface area contributed by atoms with Gasteiger partial charge in [0.25, 0.3) is 0 Å². The largest absolute Gasteiger partial charge is 0.444 e. The van der Waals surface area contributed by atoms with Crippen molar-refractivity contribution in [2.45, 2.75) is 46.1 Å². The number of anilines is 1. The molecule has 0 fully saturated rings. The lowest BCUT2D eigenvalue weighted by atomic mass is 10.1. The van der Waals surface area contributed by atoms with Crippen molar-refractivity contribution in [3.63, 3.8) is 0 Å². The first kappa shape index (κ1) is 17.0. The molecule has 116 valence electrons. The van der Waals surface area contributed by atoms with Crippen molar-refractivity contribution >= 4 is 17.7 Å². The maximum atomic E-state index is 11.5. The molecule has 0 unspecified atom stereocenters. The van der Waals surface area contributed by atoms with Crippen LogP contribution in [0.25, 0.3) is 0 Å². The maximum Gasteiger partial charge on any atom is 0.407 e. The van der Waals surface area contributed by atoms with Gasteiger partial charge in [0.1, 0.15) is 5.60 Å². The summed E-state index contributed by atoms with van der Waals surface area (Å²) in [4.78, 5) is 22.7. The van der Waals surface area contributed by atoms with Gasteiger partial charge in [0.05, 0.1) is 0 Å². The molecule has 0 atom stereocenters. The van der Waals surface area contributed by atoms with Gasteiger partial charge in [-0.3, -0.25) is 4.79 Å². The smallest absolute Gasteiger partial charge is 0.407 e. The third kappa shape index (κ3) is 7.34. The predicted octanol–water partition coefficient (Wildman–Crippen LogP) is 3.10. The van der Waals surface area contributed by atoms with Crippen LogP contribution in [0.15, 0.2) is 24.3 Å². The van der Waals surface area contributed by atoms with Crippen LogP contribution >= 0.6 is 0 Å². The van der Waals surface area contributed by atoms with Crippen LogP contribution in [0.1, 0.15) is 39.7 Å². The molecule has 5 nitrogen and oxygen atoms in total. The van der Waals surface area contributed by atoms with Gasteiger partial charge in [-0.15, -0.1) is 0 Å². The Morgan fingerprint density at radius 3 is 2.29 bits per heavy atom. The van der Waals surface area contributed by atoms with E-state index in [1.54, 1.807) is 0 Å². The SMILES string of the molecule is CCC(=O)Nc1ccc(CCNC(=O)OC(C)(C)C)cc1. The van der Waals surface area contributed by atoms with Crippen molar-refractivity contribution in [2.75, 3.05) is 11.9 Å². The molecule has 1 aromatic rings. The fourth-order valence-electron chi connectivity index (χ4n) is 1.63. The molecule has 0 bridgehead atoms. The Hall–Kier alpha value is -2.04. The fraction of sp³-hybridized carbons (Fsp3) is 0.500. The third-order valence-corrected chi connectivity index (χ3v) is 2.64. The lowest BCUT2D eigenvalue weighted by Gasteiger charge is -2.19. The van der Waals surface area contributed by atoms with Crippen molar-refractivity contribution in [2.24, 2.45) is 0 Å². The molecule has 21 heavy (non-hydrogen) atoms. The Morgan fingerprint density at radius 1 is 1.14 bits per heavy atom. The van der Waals surface area contributed by atoms with Gasteiger partial charge in [-0.2, -0.15) is 0 Å². The molecule has 0 aliphatic carbocycles. The summed E-state index contributed by atoms with van der Waals surface area (Å²) in [5.74, 6) is -0.00524. The fourth-order valence-corrected chi connectivity index (χ4v) is 1.63. The van der Waals surface area contributed by atoms with Crippen LogP contribution in [0.5, 0.6) is 0 Å². The number of hydrogen-bond donors (Lipinski definition) is 2. The summed E-state index contributed by atoms with van der Waals surface area (Å²) in [6, 6.07) is 7.58. The molecule has 0 aliphatic rings. The van der Waals surface area contributed by atoms with E-state index in [2.05, 4.69) is 10.6 Å². The summed E-state index contributed by atoms with van der Waals surface area (Å²) in [7, 11) is 0. The molecule has 0 saturated carbocycles. The van der Waals surface area contributed by atoms with Crippen molar-refractivity contribution in [1.82, 2.24) is 5.32 Å². The summed E-state index contributed by atoms with van der Waals surface area (Å²) in [5, 5.41) is 5.50. The van der Waals surface area contributed by atoms with E-state index >= 15 is 0 Å². The van der Waals surface area contributed by atoms with Gasteiger partial charge in [-0.05, 0) is 44.9 Å². The number of nitrogens with one attached hydrogen (secondary N) is 2. The number of benzene rings is 1. The maximum absolute atomic E-state index is 11.5. The first-order valence-corrected chi connectivity index (χ1v) is 7.16. The molecule has 0 spiro atoms. The minimum absolute atomic E-state index is 0.00524. The van der Waals surface area contributed by atoms with Gasteiger partial charge >= 0.3 is 6.09 Å². The van der Waals surface area contributed by atoms with Gasteiger partial charge in [-0.1, -0.05) is 19.1 Å². The monoisotopic (exact) mass is 292 g/mol. The molecule has 2 amide bonds. The van der Waals surface area contributed by atoms with Gasteiger partial charge in [-0.25, -0.2) is 4.79 Å². The first-order chi connectivity index (χ1) is 9.80. The van der Waals surface area contributed by atoms with Crippen LogP contribution in [0.2, 0.25) is 0 Å². The second-order valence-electron chi connectivity index (χ2n) is 5.78. The van der Waals surface area contributed by atoms with Crippen LogP contribution in [-0.2, 0) is 16.0 Å². The molecule has 2 N–H and O–H groups in total. The summed E-state index contributed by atoms with van der Waals surface area (Å²) in [5.41, 5.74) is 1.38. The summed E-state index contributed by atoms with van der Waals surface area (Å²) < 4.78 is 5.15. The second kappa shape index (κ2) is 7.67. The van der Waals surface area contributed by atoms with E-state index in [0.29, 0.717) is 19.4 Å². The van der Waals surface area contributed by atoms with Crippen molar-refractivity contribution in [3.05, 3.63) is 29.8 Å². The summed E-state index contributed by atoms with van der Waals surface area (Å²) in [6.45, 7) is 7.81. The minimum Gasteiger partial charge on any atom is -0.444 e. The lowest BCUT2D eigenvalue weighted by Crippen LogP contribution is -2.33. The highest BCUT2D eigenvalue weighted by Crippen LogP contribution is 2.10. The van der Waals surface area contributed by atoms with E-state index in [0.717, 1.165) is 11.3 Å². The van der Waals surface area contributed by atoms with E-state index in [4.69, 9.17) is 4.74 Å². The van der Waals surface area contributed by atoms with Crippen LogP contribution in [0, 0.1) is 0 Å². The topological polar surface area (TPSA) is 67.4 Å². The zero-order chi connectivity index (χ0) is 15.9. The molecule has 0 heterocycles.